The lowest BCUT2D eigenvalue weighted by Crippen LogP contribution is -2.48. The smallest absolute Gasteiger partial charge is 0.309 e. The highest BCUT2D eigenvalue weighted by atomic mass is 16.5. The topological polar surface area (TPSA) is 67.7 Å². The molecule has 0 bridgehead atoms. The van der Waals surface area contributed by atoms with Gasteiger partial charge in [0.1, 0.15) is 6.33 Å². The van der Waals surface area contributed by atoms with Crippen molar-refractivity contribution in [3.63, 3.8) is 0 Å². The molecule has 1 aromatic heterocycles. The number of esters is 1. The monoisotopic (exact) mass is 392 g/mol. The molecule has 1 aliphatic heterocycles. The molecule has 3 aromatic rings. The van der Waals surface area contributed by atoms with Gasteiger partial charge in [-0.1, -0.05) is 12.1 Å². The molecule has 4 rings (SSSR count). The van der Waals surface area contributed by atoms with Crippen LogP contribution in [0, 0.1) is 0 Å². The molecule has 0 unspecified atom stereocenters. The molecule has 0 aliphatic carbocycles. The summed E-state index contributed by atoms with van der Waals surface area (Å²) in [5, 5.41) is 0. The number of hydrogen-bond acceptors (Lipinski definition) is 5. The van der Waals surface area contributed by atoms with Crippen LogP contribution in [-0.2, 0) is 20.7 Å². The summed E-state index contributed by atoms with van der Waals surface area (Å²) in [5.41, 5.74) is 4.87. The average molecular weight is 392 g/mol. The summed E-state index contributed by atoms with van der Waals surface area (Å²) in [7, 11) is 1.39. The number of imidazole rings is 1. The Hall–Kier alpha value is -3.35. The first-order valence-corrected chi connectivity index (χ1v) is 9.69. The standard InChI is InChI=1S/C22H24N4O3/c1-16(27)24-8-10-25(11-9-24)18-4-3-5-19(14-18)26-15-23-20-12-17(6-7-21(20)26)13-22(28)29-2/h3-7,12,14-15H,8-11,13H2,1-2H3. The van der Waals surface area contributed by atoms with Crippen LogP contribution in [0.25, 0.3) is 16.7 Å². The van der Waals surface area contributed by atoms with Crippen LogP contribution in [0.3, 0.4) is 0 Å². The second-order valence-corrected chi connectivity index (χ2v) is 7.20. The van der Waals surface area contributed by atoms with Gasteiger partial charge in [-0.15, -0.1) is 0 Å². The molecule has 2 heterocycles. The predicted molar refractivity (Wildman–Crippen MR) is 111 cm³/mol. The third-order valence-electron chi connectivity index (χ3n) is 5.39. The largest absolute Gasteiger partial charge is 0.469 e. The first-order valence-electron chi connectivity index (χ1n) is 9.69. The van der Waals surface area contributed by atoms with Gasteiger partial charge in [0.25, 0.3) is 0 Å². The van der Waals surface area contributed by atoms with Gasteiger partial charge in [-0.2, -0.15) is 0 Å². The second kappa shape index (κ2) is 7.95. The van der Waals surface area contributed by atoms with Gasteiger partial charge in [0.05, 0.1) is 24.6 Å². The summed E-state index contributed by atoms with van der Waals surface area (Å²) >= 11 is 0. The SMILES string of the molecule is COC(=O)Cc1ccc2c(c1)ncn2-c1cccc(N2CCN(C(C)=O)CC2)c1. The van der Waals surface area contributed by atoms with Gasteiger partial charge in [0.15, 0.2) is 0 Å². The van der Waals surface area contributed by atoms with Gasteiger partial charge >= 0.3 is 5.97 Å². The minimum Gasteiger partial charge on any atom is -0.469 e. The van der Waals surface area contributed by atoms with Crippen molar-refractivity contribution in [1.82, 2.24) is 14.5 Å². The number of benzene rings is 2. The van der Waals surface area contributed by atoms with E-state index in [0.29, 0.717) is 0 Å². The third-order valence-corrected chi connectivity index (χ3v) is 5.39. The molecular weight excluding hydrogens is 368 g/mol. The Morgan fingerprint density at radius 1 is 1.03 bits per heavy atom. The van der Waals surface area contributed by atoms with Gasteiger partial charge in [-0.3, -0.25) is 14.2 Å². The van der Waals surface area contributed by atoms with Crippen molar-refractivity contribution in [2.75, 3.05) is 38.2 Å². The molecular formula is C22H24N4O3. The van der Waals surface area contributed by atoms with Crippen LogP contribution in [0.2, 0.25) is 0 Å². The van der Waals surface area contributed by atoms with Crippen LogP contribution in [0.5, 0.6) is 0 Å². The number of rotatable bonds is 4. The van der Waals surface area contributed by atoms with Crippen LogP contribution in [0.1, 0.15) is 12.5 Å². The first-order chi connectivity index (χ1) is 14.0. The van der Waals surface area contributed by atoms with E-state index >= 15 is 0 Å². The predicted octanol–water partition coefficient (Wildman–Crippen LogP) is 2.41. The van der Waals surface area contributed by atoms with Crippen LogP contribution in [0.15, 0.2) is 48.8 Å². The van der Waals surface area contributed by atoms with E-state index in [0.717, 1.165) is 54.2 Å². The lowest BCUT2D eigenvalue weighted by Gasteiger charge is -2.35. The maximum Gasteiger partial charge on any atom is 0.309 e. The fraction of sp³-hybridized carbons (Fsp3) is 0.318. The molecule has 7 heteroatoms. The normalized spacial score (nSPS) is 14.3. The molecule has 0 radical (unpaired) electrons. The molecule has 0 saturated carbocycles. The quantitative estimate of drug-likeness (QED) is 0.638. The summed E-state index contributed by atoms with van der Waals surface area (Å²) in [6, 6.07) is 14.2. The molecule has 0 N–H and O–H groups in total. The number of methoxy groups -OCH3 is 1. The zero-order valence-corrected chi connectivity index (χ0v) is 16.7. The van der Waals surface area contributed by atoms with Crippen LogP contribution in [0.4, 0.5) is 5.69 Å². The maximum atomic E-state index is 11.5. The summed E-state index contributed by atoms with van der Waals surface area (Å²) in [5.74, 6) is -0.129. The van der Waals surface area contributed by atoms with E-state index in [1.165, 1.54) is 7.11 Å². The van der Waals surface area contributed by atoms with Gasteiger partial charge in [0, 0.05) is 44.5 Å². The average Bonchev–Trinajstić information content (AvgIpc) is 3.17. The minimum absolute atomic E-state index is 0.134. The van der Waals surface area contributed by atoms with Crippen molar-refractivity contribution in [3.05, 3.63) is 54.4 Å². The highest BCUT2D eigenvalue weighted by Crippen LogP contribution is 2.24. The fourth-order valence-corrected chi connectivity index (χ4v) is 3.73. The second-order valence-electron chi connectivity index (χ2n) is 7.20. The molecule has 0 atom stereocenters. The van der Waals surface area contributed by atoms with E-state index in [9.17, 15) is 9.59 Å². The highest BCUT2D eigenvalue weighted by molar-refractivity contribution is 5.81. The van der Waals surface area contributed by atoms with Crippen molar-refractivity contribution < 1.29 is 14.3 Å². The summed E-state index contributed by atoms with van der Waals surface area (Å²) in [6.07, 6.45) is 2.04. The zero-order valence-electron chi connectivity index (χ0n) is 16.7. The summed E-state index contributed by atoms with van der Waals surface area (Å²) in [4.78, 5) is 31.8. The van der Waals surface area contributed by atoms with E-state index in [1.54, 1.807) is 13.3 Å². The number of nitrogens with zero attached hydrogens (tertiary/aromatic N) is 4. The zero-order chi connectivity index (χ0) is 20.4. The maximum absolute atomic E-state index is 11.5. The molecule has 1 fully saturated rings. The molecule has 1 aliphatic rings. The van der Waals surface area contributed by atoms with Crippen molar-refractivity contribution in [2.45, 2.75) is 13.3 Å². The number of carbonyl (C=O) groups is 2. The number of hydrogen-bond donors (Lipinski definition) is 0. The van der Waals surface area contributed by atoms with Crippen molar-refractivity contribution >= 4 is 28.6 Å². The Labute approximate surface area is 169 Å². The molecule has 0 spiro atoms. The van der Waals surface area contributed by atoms with Crippen LogP contribution < -0.4 is 4.90 Å². The molecule has 7 nitrogen and oxygen atoms in total. The number of aromatic nitrogens is 2. The van der Waals surface area contributed by atoms with E-state index in [-0.39, 0.29) is 18.3 Å². The van der Waals surface area contributed by atoms with E-state index < -0.39 is 0 Å². The van der Waals surface area contributed by atoms with E-state index in [4.69, 9.17) is 4.74 Å². The van der Waals surface area contributed by atoms with Crippen LogP contribution >= 0.6 is 0 Å². The van der Waals surface area contributed by atoms with Crippen molar-refractivity contribution in [2.24, 2.45) is 0 Å². The van der Waals surface area contributed by atoms with E-state index in [2.05, 4.69) is 28.1 Å². The van der Waals surface area contributed by atoms with E-state index in [1.807, 2.05) is 33.7 Å². The summed E-state index contributed by atoms with van der Waals surface area (Å²) < 4.78 is 6.79. The lowest BCUT2D eigenvalue weighted by atomic mass is 10.1. The third kappa shape index (κ3) is 3.94. The number of ether oxygens (including phenoxy) is 1. The van der Waals surface area contributed by atoms with Crippen molar-refractivity contribution in [3.8, 4) is 5.69 Å². The van der Waals surface area contributed by atoms with Gasteiger partial charge in [-0.05, 0) is 35.9 Å². The number of anilines is 1. The molecule has 150 valence electrons. The number of fused-ring (bicyclic) bond motifs is 1. The molecule has 1 saturated heterocycles. The lowest BCUT2D eigenvalue weighted by molar-refractivity contribution is -0.139. The number of carbonyl (C=O) groups excluding carboxylic acids is 2. The minimum atomic E-state index is -0.263. The fourth-order valence-electron chi connectivity index (χ4n) is 3.73. The van der Waals surface area contributed by atoms with Crippen LogP contribution in [-0.4, -0.2) is 59.6 Å². The molecule has 29 heavy (non-hydrogen) atoms. The van der Waals surface area contributed by atoms with Gasteiger partial charge in [0.2, 0.25) is 5.91 Å². The summed E-state index contributed by atoms with van der Waals surface area (Å²) in [6.45, 7) is 4.76. The first kappa shape index (κ1) is 19.0. The molecule has 1 amide bonds. The van der Waals surface area contributed by atoms with Crippen molar-refractivity contribution in [1.29, 1.82) is 0 Å². The van der Waals surface area contributed by atoms with Gasteiger partial charge in [-0.25, -0.2) is 4.98 Å². The molecule has 2 aromatic carbocycles. The Morgan fingerprint density at radius 3 is 2.52 bits per heavy atom. The Bertz CT molecular complexity index is 1050. The number of piperazine rings is 1. The Balaban J connectivity index is 1.57. The van der Waals surface area contributed by atoms with Gasteiger partial charge < -0.3 is 14.5 Å². The Kier molecular flexibility index (Phi) is 5.20. The number of amides is 1. The highest BCUT2D eigenvalue weighted by Gasteiger charge is 2.19. The Morgan fingerprint density at radius 2 is 1.79 bits per heavy atom.